The van der Waals surface area contributed by atoms with Gasteiger partial charge in [-0.1, -0.05) is 13.8 Å². The molecule has 15 heavy (non-hydrogen) atoms. The molecule has 0 radical (unpaired) electrons. The molecule has 0 aliphatic rings. The SMILES string of the molecule is CCNCCOc1cc(CC)nc(C)n1. The lowest BCUT2D eigenvalue weighted by Crippen LogP contribution is -2.20. The molecule has 1 N–H and O–H groups in total. The minimum absolute atomic E-state index is 0.646. The zero-order valence-electron chi connectivity index (χ0n) is 9.71. The van der Waals surface area contributed by atoms with Gasteiger partial charge in [0.25, 0.3) is 0 Å². The summed E-state index contributed by atoms with van der Waals surface area (Å²) in [4.78, 5) is 8.51. The van der Waals surface area contributed by atoms with Gasteiger partial charge in [0.15, 0.2) is 0 Å². The fourth-order valence-electron chi connectivity index (χ4n) is 1.26. The minimum atomic E-state index is 0.646. The van der Waals surface area contributed by atoms with E-state index in [2.05, 4.69) is 29.1 Å². The number of nitrogens with zero attached hydrogens (tertiary/aromatic N) is 2. The van der Waals surface area contributed by atoms with E-state index in [1.54, 1.807) is 0 Å². The lowest BCUT2D eigenvalue weighted by Gasteiger charge is -2.07. The van der Waals surface area contributed by atoms with Crippen molar-refractivity contribution in [2.75, 3.05) is 19.7 Å². The minimum Gasteiger partial charge on any atom is -0.476 e. The van der Waals surface area contributed by atoms with Gasteiger partial charge < -0.3 is 10.1 Å². The van der Waals surface area contributed by atoms with Crippen molar-refractivity contribution < 1.29 is 4.74 Å². The first-order valence-electron chi connectivity index (χ1n) is 5.44. The first kappa shape index (κ1) is 11.9. The molecule has 0 bridgehead atoms. The van der Waals surface area contributed by atoms with Crippen molar-refractivity contribution in [1.29, 1.82) is 0 Å². The van der Waals surface area contributed by atoms with Crippen LogP contribution in [-0.4, -0.2) is 29.7 Å². The van der Waals surface area contributed by atoms with Gasteiger partial charge in [-0.2, -0.15) is 4.98 Å². The number of aromatic nitrogens is 2. The highest BCUT2D eigenvalue weighted by molar-refractivity contribution is 5.15. The van der Waals surface area contributed by atoms with Crippen molar-refractivity contribution >= 4 is 0 Å². The Balaban J connectivity index is 2.49. The van der Waals surface area contributed by atoms with Crippen LogP contribution >= 0.6 is 0 Å². The van der Waals surface area contributed by atoms with Crippen molar-refractivity contribution in [2.45, 2.75) is 27.2 Å². The van der Waals surface area contributed by atoms with Crippen LogP contribution in [0.4, 0.5) is 0 Å². The predicted molar refractivity (Wildman–Crippen MR) is 60.2 cm³/mol. The van der Waals surface area contributed by atoms with Gasteiger partial charge >= 0.3 is 0 Å². The van der Waals surface area contributed by atoms with Crippen LogP contribution in [0.1, 0.15) is 25.4 Å². The van der Waals surface area contributed by atoms with Crippen molar-refractivity contribution in [2.24, 2.45) is 0 Å². The van der Waals surface area contributed by atoms with Gasteiger partial charge in [-0.15, -0.1) is 0 Å². The van der Waals surface area contributed by atoms with Gasteiger partial charge in [0.2, 0.25) is 5.88 Å². The van der Waals surface area contributed by atoms with E-state index in [1.165, 1.54) is 0 Å². The summed E-state index contributed by atoms with van der Waals surface area (Å²) in [5, 5.41) is 3.19. The molecule has 0 spiro atoms. The Hall–Kier alpha value is -1.16. The van der Waals surface area contributed by atoms with Gasteiger partial charge in [0, 0.05) is 18.3 Å². The maximum absolute atomic E-state index is 5.52. The molecule has 1 aromatic heterocycles. The summed E-state index contributed by atoms with van der Waals surface area (Å²) < 4.78 is 5.52. The summed E-state index contributed by atoms with van der Waals surface area (Å²) in [6, 6.07) is 1.90. The summed E-state index contributed by atoms with van der Waals surface area (Å²) >= 11 is 0. The van der Waals surface area contributed by atoms with Gasteiger partial charge in [0.05, 0.1) is 0 Å². The highest BCUT2D eigenvalue weighted by Gasteiger charge is 2.00. The van der Waals surface area contributed by atoms with E-state index in [-0.39, 0.29) is 0 Å². The van der Waals surface area contributed by atoms with Crippen LogP contribution in [0.25, 0.3) is 0 Å². The number of rotatable bonds is 6. The van der Waals surface area contributed by atoms with Crippen LogP contribution in [0.5, 0.6) is 5.88 Å². The molecule has 0 amide bonds. The Kier molecular flexibility index (Phi) is 5.04. The average Bonchev–Trinajstić information content (AvgIpc) is 2.23. The Morgan fingerprint density at radius 1 is 1.33 bits per heavy atom. The van der Waals surface area contributed by atoms with Crippen molar-refractivity contribution in [3.8, 4) is 5.88 Å². The van der Waals surface area contributed by atoms with E-state index in [1.807, 2.05) is 13.0 Å². The van der Waals surface area contributed by atoms with Crippen molar-refractivity contribution in [3.05, 3.63) is 17.6 Å². The molecule has 0 saturated heterocycles. The van der Waals surface area contributed by atoms with Crippen molar-refractivity contribution in [1.82, 2.24) is 15.3 Å². The van der Waals surface area contributed by atoms with Crippen molar-refractivity contribution in [3.63, 3.8) is 0 Å². The van der Waals surface area contributed by atoms with E-state index in [4.69, 9.17) is 4.74 Å². The van der Waals surface area contributed by atoms with Crippen LogP contribution in [-0.2, 0) is 6.42 Å². The second-order valence-corrected chi connectivity index (χ2v) is 3.30. The molecule has 1 heterocycles. The van der Waals surface area contributed by atoms with E-state index in [0.717, 1.165) is 31.0 Å². The van der Waals surface area contributed by atoms with E-state index in [9.17, 15) is 0 Å². The second-order valence-electron chi connectivity index (χ2n) is 3.30. The summed E-state index contributed by atoms with van der Waals surface area (Å²) in [5.74, 6) is 1.45. The standard InChI is InChI=1S/C11H19N3O/c1-4-10-8-11(14-9(3)13-10)15-7-6-12-5-2/h8,12H,4-7H2,1-3H3. The van der Waals surface area contributed by atoms with Gasteiger partial charge in [-0.05, 0) is 19.9 Å². The smallest absolute Gasteiger partial charge is 0.216 e. The number of hydrogen-bond acceptors (Lipinski definition) is 4. The molecular formula is C11H19N3O. The third-order valence-electron chi connectivity index (χ3n) is 2.01. The lowest BCUT2D eigenvalue weighted by atomic mass is 10.3. The highest BCUT2D eigenvalue weighted by Crippen LogP contribution is 2.09. The monoisotopic (exact) mass is 209 g/mol. The lowest BCUT2D eigenvalue weighted by molar-refractivity contribution is 0.302. The first-order valence-corrected chi connectivity index (χ1v) is 5.44. The molecular weight excluding hydrogens is 190 g/mol. The molecule has 0 saturated carbocycles. The molecule has 1 aromatic rings. The second kappa shape index (κ2) is 6.35. The molecule has 0 unspecified atom stereocenters. The summed E-state index contributed by atoms with van der Waals surface area (Å²) in [7, 11) is 0. The molecule has 0 aromatic carbocycles. The van der Waals surface area contributed by atoms with E-state index < -0.39 is 0 Å². The largest absolute Gasteiger partial charge is 0.476 e. The maximum Gasteiger partial charge on any atom is 0.216 e. The topological polar surface area (TPSA) is 47.0 Å². The summed E-state index contributed by atoms with van der Waals surface area (Å²) in [5.41, 5.74) is 1.03. The average molecular weight is 209 g/mol. The Labute approximate surface area is 91.1 Å². The first-order chi connectivity index (χ1) is 7.26. The van der Waals surface area contributed by atoms with Gasteiger partial charge in [0.1, 0.15) is 12.4 Å². The molecule has 84 valence electrons. The molecule has 4 heteroatoms. The van der Waals surface area contributed by atoms with Crippen LogP contribution in [0.2, 0.25) is 0 Å². The zero-order chi connectivity index (χ0) is 11.1. The van der Waals surface area contributed by atoms with E-state index in [0.29, 0.717) is 12.5 Å². The van der Waals surface area contributed by atoms with Crippen LogP contribution in [0, 0.1) is 6.92 Å². The maximum atomic E-state index is 5.52. The Bertz CT molecular complexity index is 302. The van der Waals surface area contributed by atoms with Crippen LogP contribution in [0.15, 0.2) is 6.07 Å². The predicted octanol–water partition coefficient (Wildman–Crippen LogP) is 1.34. The van der Waals surface area contributed by atoms with Gasteiger partial charge in [-0.3, -0.25) is 0 Å². The van der Waals surface area contributed by atoms with Crippen LogP contribution < -0.4 is 10.1 Å². The van der Waals surface area contributed by atoms with Gasteiger partial charge in [-0.25, -0.2) is 4.98 Å². The summed E-state index contributed by atoms with van der Waals surface area (Å²) in [6.45, 7) is 8.49. The number of nitrogens with one attached hydrogen (secondary N) is 1. The normalized spacial score (nSPS) is 10.3. The molecule has 0 fully saturated rings. The van der Waals surface area contributed by atoms with Crippen LogP contribution in [0.3, 0.4) is 0 Å². The molecule has 4 nitrogen and oxygen atoms in total. The number of ether oxygens (including phenoxy) is 1. The Morgan fingerprint density at radius 3 is 2.80 bits per heavy atom. The zero-order valence-corrected chi connectivity index (χ0v) is 9.71. The third-order valence-corrected chi connectivity index (χ3v) is 2.01. The summed E-state index contributed by atoms with van der Waals surface area (Å²) in [6.07, 6.45) is 0.910. The number of aryl methyl sites for hydroxylation is 2. The molecule has 0 aliphatic carbocycles. The Morgan fingerprint density at radius 2 is 2.13 bits per heavy atom. The quantitative estimate of drug-likeness (QED) is 0.718. The molecule has 1 rings (SSSR count). The fourth-order valence-corrected chi connectivity index (χ4v) is 1.26. The fraction of sp³-hybridized carbons (Fsp3) is 0.636. The molecule has 0 aliphatic heterocycles. The highest BCUT2D eigenvalue weighted by atomic mass is 16.5. The number of hydrogen-bond donors (Lipinski definition) is 1. The third kappa shape index (κ3) is 4.25. The molecule has 0 atom stereocenters. The number of likely N-dealkylation sites (N-methyl/N-ethyl adjacent to an activating group) is 1. The van der Waals surface area contributed by atoms with E-state index >= 15 is 0 Å².